The first-order valence-corrected chi connectivity index (χ1v) is 7.36. The molecule has 2 rings (SSSR count). The fourth-order valence-corrected chi connectivity index (χ4v) is 2.80. The molecule has 1 N–H and O–H groups in total. The van der Waals surface area contributed by atoms with Crippen molar-refractivity contribution >= 4 is 12.0 Å². The van der Waals surface area contributed by atoms with E-state index in [9.17, 15) is 19.1 Å². The normalized spacial score (nSPS) is 22.0. The van der Waals surface area contributed by atoms with Crippen LogP contribution < -0.4 is 0 Å². The molecule has 0 unspecified atom stereocenters. The third-order valence-electron chi connectivity index (χ3n) is 4.02. The van der Waals surface area contributed by atoms with Gasteiger partial charge < -0.3 is 10.0 Å². The molecular weight excluding hydrogens is 287 g/mol. The zero-order valence-corrected chi connectivity index (χ0v) is 13.0. The summed E-state index contributed by atoms with van der Waals surface area (Å²) in [6.07, 6.45) is -1.03. The summed E-state index contributed by atoms with van der Waals surface area (Å²) < 4.78 is 13.1. The Morgan fingerprint density at radius 1 is 1.18 bits per heavy atom. The zero-order chi connectivity index (χ0) is 16.4. The SMILES string of the molecule is CC(C)C(=O)N1C[C@H](c2ccc(F)cc2)N(C(=O)O)C[C@H]1C. The van der Waals surface area contributed by atoms with E-state index in [1.54, 1.807) is 17.0 Å². The van der Waals surface area contributed by atoms with Crippen LogP contribution in [0.3, 0.4) is 0 Å². The molecule has 22 heavy (non-hydrogen) atoms. The maximum Gasteiger partial charge on any atom is 0.407 e. The van der Waals surface area contributed by atoms with Gasteiger partial charge in [0.05, 0.1) is 6.04 Å². The van der Waals surface area contributed by atoms with E-state index in [0.717, 1.165) is 0 Å². The molecule has 2 atom stereocenters. The molecule has 0 radical (unpaired) electrons. The number of hydrogen-bond donors (Lipinski definition) is 1. The highest BCUT2D eigenvalue weighted by Crippen LogP contribution is 2.29. The van der Waals surface area contributed by atoms with Crippen LogP contribution in [0.2, 0.25) is 0 Å². The Balaban J connectivity index is 2.32. The van der Waals surface area contributed by atoms with Crippen LogP contribution in [0.4, 0.5) is 9.18 Å². The van der Waals surface area contributed by atoms with E-state index >= 15 is 0 Å². The van der Waals surface area contributed by atoms with Crippen LogP contribution >= 0.6 is 0 Å². The number of rotatable bonds is 2. The molecule has 1 heterocycles. The maximum atomic E-state index is 13.1. The first-order valence-electron chi connectivity index (χ1n) is 7.36. The average Bonchev–Trinajstić information content (AvgIpc) is 2.47. The van der Waals surface area contributed by atoms with E-state index in [1.165, 1.54) is 17.0 Å². The second-order valence-electron chi connectivity index (χ2n) is 6.00. The zero-order valence-electron chi connectivity index (χ0n) is 13.0. The second-order valence-corrected chi connectivity index (χ2v) is 6.00. The van der Waals surface area contributed by atoms with Gasteiger partial charge in [0.1, 0.15) is 5.82 Å². The molecule has 1 aliphatic heterocycles. The highest BCUT2D eigenvalue weighted by atomic mass is 19.1. The molecule has 1 aromatic rings. The topological polar surface area (TPSA) is 60.9 Å². The number of piperazine rings is 1. The van der Waals surface area contributed by atoms with Crippen molar-refractivity contribution in [3.8, 4) is 0 Å². The van der Waals surface area contributed by atoms with Crippen LogP contribution in [0, 0.1) is 11.7 Å². The molecule has 0 saturated carbocycles. The van der Waals surface area contributed by atoms with Gasteiger partial charge in [0, 0.05) is 25.0 Å². The Kier molecular flexibility index (Phi) is 4.68. The van der Waals surface area contributed by atoms with E-state index < -0.39 is 12.1 Å². The Bertz CT molecular complexity index is 559. The van der Waals surface area contributed by atoms with Crippen molar-refractivity contribution in [2.45, 2.75) is 32.9 Å². The summed E-state index contributed by atoms with van der Waals surface area (Å²) in [5.41, 5.74) is 0.692. The third-order valence-corrected chi connectivity index (χ3v) is 4.02. The fourth-order valence-electron chi connectivity index (χ4n) is 2.80. The molecule has 1 aromatic carbocycles. The predicted octanol–water partition coefficient (Wildman–Crippen LogP) is 2.73. The molecular formula is C16H21FN2O3. The van der Waals surface area contributed by atoms with E-state index in [0.29, 0.717) is 5.56 Å². The monoisotopic (exact) mass is 308 g/mol. The molecule has 1 saturated heterocycles. The van der Waals surface area contributed by atoms with Crippen LogP contribution in [0.1, 0.15) is 32.4 Å². The molecule has 0 bridgehead atoms. The Morgan fingerprint density at radius 3 is 2.27 bits per heavy atom. The molecule has 120 valence electrons. The lowest BCUT2D eigenvalue weighted by Crippen LogP contribution is -2.57. The molecule has 6 heteroatoms. The first kappa shape index (κ1) is 16.3. The lowest BCUT2D eigenvalue weighted by molar-refractivity contribution is -0.140. The average molecular weight is 308 g/mol. The third kappa shape index (κ3) is 3.21. The van der Waals surface area contributed by atoms with Gasteiger partial charge in [0.2, 0.25) is 5.91 Å². The molecule has 5 nitrogen and oxygen atoms in total. The smallest absolute Gasteiger partial charge is 0.407 e. The Labute approximate surface area is 129 Å². The molecule has 0 spiro atoms. The van der Waals surface area contributed by atoms with Gasteiger partial charge in [-0.15, -0.1) is 0 Å². The van der Waals surface area contributed by atoms with Crippen molar-refractivity contribution in [3.63, 3.8) is 0 Å². The van der Waals surface area contributed by atoms with Crippen LogP contribution in [-0.4, -0.2) is 46.0 Å². The van der Waals surface area contributed by atoms with Gasteiger partial charge in [-0.2, -0.15) is 0 Å². The summed E-state index contributed by atoms with van der Waals surface area (Å²) >= 11 is 0. The molecule has 1 fully saturated rings. The van der Waals surface area contributed by atoms with Gasteiger partial charge >= 0.3 is 6.09 Å². The Hall–Kier alpha value is -2.11. The molecule has 0 aromatic heterocycles. The van der Waals surface area contributed by atoms with Crippen LogP contribution in [-0.2, 0) is 4.79 Å². The van der Waals surface area contributed by atoms with Crippen molar-refractivity contribution in [1.29, 1.82) is 0 Å². The van der Waals surface area contributed by atoms with Gasteiger partial charge in [-0.3, -0.25) is 9.69 Å². The van der Waals surface area contributed by atoms with Crippen molar-refractivity contribution in [2.75, 3.05) is 13.1 Å². The number of carboxylic acid groups (broad SMARTS) is 1. The van der Waals surface area contributed by atoms with Crippen LogP contribution in [0.15, 0.2) is 24.3 Å². The lowest BCUT2D eigenvalue weighted by Gasteiger charge is -2.44. The van der Waals surface area contributed by atoms with Crippen molar-refractivity contribution < 1.29 is 19.1 Å². The van der Waals surface area contributed by atoms with Gasteiger partial charge in [-0.25, -0.2) is 9.18 Å². The number of halogens is 1. The van der Waals surface area contributed by atoms with Crippen LogP contribution in [0.25, 0.3) is 0 Å². The highest BCUT2D eigenvalue weighted by Gasteiger charge is 2.37. The molecule has 0 aliphatic carbocycles. The van der Waals surface area contributed by atoms with Crippen LogP contribution in [0.5, 0.6) is 0 Å². The van der Waals surface area contributed by atoms with Crippen molar-refractivity contribution in [1.82, 2.24) is 9.80 Å². The number of nitrogens with zero attached hydrogens (tertiary/aromatic N) is 2. The van der Waals surface area contributed by atoms with E-state index in [1.807, 2.05) is 20.8 Å². The van der Waals surface area contributed by atoms with Gasteiger partial charge in [0.25, 0.3) is 0 Å². The summed E-state index contributed by atoms with van der Waals surface area (Å²) in [6, 6.07) is 5.11. The summed E-state index contributed by atoms with van der Waals surface area (Å²) in [5, 5.41) is 9.42. The van der Waals surface area contributed by atoms with E-state index in [-0.39, 0.29) is 36.8 Å². The van der Waals surface area contributed by atoms with Gasteiger partial charge in [-0.1, -0.05) is 26.0 Å². The number of carbonyl (C=O) groups excluding carboxylic acids is 1. The number of hydrogen-bond acceptors (Lipinski definition) is 2. The van der Waals surface area contributed by atoms with E-state index in [4.69, 9.17) is 0 Å². The quantitative estimate of drug-likeness (QED) is 0.914. The number of amides is 2. The summed E-state index contributed by atoms with van der Waals surface area (Å²) in [4.78, 5) is 26.9. The van der Waals surface area contributed by atoms with E-state index in [2.05, 4.69) is 0 Å². The number of benzene rings is 1. The summed E-state index contributed by atoms with van der Waals surface area (Å²) in [7, 11) is 0. The van der Waals surface area contributed by atoms with Crippen molar-refractivity contribution in [3.05, 3.63) is 35.6 Å². The standard InChI is InChI=1S/C16H21FN2O3/c1-10(2)15(20)18-9-14(12-4-6-13(17)7-5-12)19(16(21)22)8-11(18)3/h4-7,10-11,14H,8-9H2,1-3H3,(H,21,22)/t11-,14-/m1/s1. The minimum absolute atomic E-state index is 0.00431. The second kappa shape index (κ2) is 6.34. The summed E-state index contributed by atoms with van der Waals surface area (Å²) in [5.74, 6) is -0.512. The predicted molar refractivity (Wildman–Crippen MR) is 79.9 cm³/mol. The van der Waals surface area contributed by atoms with Crippen molar-refractivity contribution in [2.24, 2.45) is 5.92 Å². The maximum absolute atomic E-state index is 13.1. The largest absolute Gasteiger partial charge is 0.465 e. The van der Waals surface area contributed by atoms with Gasteiger partial charge in [-0.05, 0) is 24.6 Å². The fraction of sp³-hybridized carbons (Fsp3) is 0.500. The highest BCUT2D eigenvalue weighted by molar-refractivity contribution is 5.79. The first-order chi connectivity index (χ1) is 10.3. The Morgan fingerprint density at radius 2 is 1.77 bits per heavy atom. The molecule has 2 amide bonds. The lowest BCUT2D eigenvalue weighted by atomic mass is 9.98. The minimum atomic E-state index is -1.03. The minimum Gasteiger partial charge on any atom is -0.465 e. The molecule has 1 aliphatic rings. The summed E-state index contributed by atoms with van der Waals surface area (Å²) in [6.45, 7) is 6.03. The van der Waals surface area contributed by atoms with Gasteiger partial charge in [0.15, 0.2) is 0 Å². The number of carbonyl (C=O) groups is 2.